The highest BCUT2D eigenvalue weighted by molar-refractivity contribution is 5.96. The lowest BCUT2D eigenvalue weighted by molar-refractivity contribution is -0.129. The fourth-order valence-corrected chi connectivity index (χ4v) is 3.04. The zero-order valence-corrected chi connectivity index (χ0v) is 16.6. The van der Waals surface area contributed by atoms with Gasteiger partial charge in [-0.15, -0.1) is 0 Å². The molecule has 3 rings (SSSR count). The molecule has 0 aliphatic heterocycles. The van der Waals surface area contributed by atoms with E-state index in [-0.39, 0.29) is 12.5 Å². The summed E-state index contributed by atoms with van der Waals surface area (Å²) in [4.78, 5) is 26.1. The number of carbonyl (C=O) groups is 2. The molecule has 0 radical (unpaired) electrons. The van der Waals surface area contributed by atoms with Crippen LogP contribution in [0.1, 0.15) is 27.3 Å². The van der Waals surface area contributed by atoms with Crippen LogP contribution in [0.4, 0.5) is 4.39 Å². The summed E-state index contributed by atoms with van der Waals surface area (Å²) in [7, 11) is 1.69. The molecule has 6 nitrogen and oxygen atoms in total. The second-order valence-electron chi connectivity index (χ2n) is 6.84. The maximum Gasteiger partial charge on any atom is 0.251 e. The summed E-state index contributed by atoms with van der Waals surface area (Å²) in [5.41, 5.74) is 4.04. The Bertz CT molecular complexity index is 1010. The second-order valence-corrected chi connectivity index (χ2v) is 6.84. The maximum atomic E-state index is 13.0. The number of likely N-dealkylation sites (N-methyl/N-ethyl adjacent to an activating group) is 1. The molecular weight excluding hydrogens is 371 g/mol. The topological polar surface area (TPSA) is 67.2 Å². The van der Waals surface area contributed by atoms with Gasteiger partial charge >= 0.3 is 0 Å². The number of benzene rings is 2. The highest BCUT2D eigenvalue weighted by Gasteiger charge is 2.18. The summed E-state index contributed by atoms with van der Waals surface area (Å²) in [5, 5.41) is 7.16. The van der Waals surface area contributed by atoms with Crippen molar-refractivity contribution in [2.24, 2.45) is 0 Å². The molecule has 0 atom stereocenters. The molecule has 0 bridgehead atoms. The molecule has 2 aromatic carbocycles. The maximum absolute atomic E-state index is 13.0. The van der Waals surface area contributed by atoms with Gasteiger partial charge in [0.2, 0.25) is 5.91 Å². The summed E-state index contributed by atoms with van der Waals surface area (Å²) in [6, 6.07) is 15.0. The lowest BCUT2D eigenvalue weighted by Gasteiger charge is -2.18. The third-order valence-electron chi connectivity index (χ3n) is 4.77. The first-order chi connectivity index (χ1) is 13.9. The van der Waals surface area contributed by atoms with Crippen molar-refractivity contribution < 1.29 is 14.0 Å². The fourth-order valence-electron chi connectivity index (χ4n) is 3.04. The molecule has 3 aromatic rings. The van der Waals surface area contributed by atoms with Gasteiger partial charge in [0, 0.05) is 30.4 Å². The van der Waals surface area contributed by atoms with Crippen LogP contribution in [0, 0.1) is 19.7 Å². The molecule has 1 N–H and O–H groups in total. The predicted octanol–water partition coefficient (Wildman–Crippen LogP) is 3.02. The average Bonchev–Trinajstić information content (AvgIpc) is 3.01. The van der Waals surface area contributed by atoms with Gasteiger partial charge in [0.1, 0.15) is 5.82 Å². The Morgan fingerprint density at radius 1 is 1.07 bits per heavy atom. The van der Waals surface area contributed by atoms with E-state index in [2.05, 4.69) is 10.4 Å². The van der Waals surface area contributed by atoms with E-state index in [9.17, 15) is 14.0 Å². The smallest absolute Gasteiger partial charge is 0.251 e. The van der Waals surface area contributed by atoms with Gasteiger partial charge in [-0.25, -0.2) is 9.07 Å². The number of hydrogen-bond acceptors (Lipinski definition) is 3. The summed E-state index contributed by atoms with van der Waals surface area (Å²) in [6.45, 7) is 4.13. The van der Waals surface area contributed by atoms with Gasteiger partial charge < -0.3 is 10.2 Å². The van der Waals surface area contributed by atoms with E-state index in [0.29, 0.717) is 12.1 Å². The summed E-state index contributed by atoms with van der Waals surface area (Å²) in [6.07, 6.45) is 0. The van der Waals surface area contributed by atoms with Gasteiger partial charge in [-0.3, -0.25) is 9.59 Å². The minimum atomic E-state index is -0.420. The van der Waals surface area contributed by atoms with Gasteiger partial charge in [0.15, 0.2) is 0 Å². The van der Waals surface area contributed by atoms with E-state index in [0.717, 1.165) is 22.6 Å². The van der Waals surface area contributed by atoms with E-state index in [1.807, 2.05) is 48.9 Å². The number of nitrogens with one attached hydrogen (secondary N) is 1. The van der Waals surface area contributed by atoms with Gasteiger partial charge in [0.25, 0.3) is 5.91 Å². The van der Waals surface area contributed by atoms with Gasteiger partial charge in [-0.1, -0.05) is 18.2 Å². The van der Waals surface area contributed by atoms with Crippen molar-refractivity contribution >= 4 is 11.8 Å². The highest BCUT2D eigenvalue weighted by Crippen LogP contribution is 2.19. The summed E-state index contributed by atoms with van der Waals surface area (Å²) < 4.78 is 14.8. The molecule has 0 unspecified atom stereocenters. The molecule has 29 heavy (non-hydrogen) atoms. The van der Waals surface area contributed by atoms with Crippen LogP contribution in [0.15, 0.2) is 54.6 Å². The Kier molecular flexibility index (Phi) is 6.07. The van der Waals surface area contributed by atoms with Crippen LogP contribution in [0.2, 0.25) is 0 Å². The highest BCUT2D eigenvalue weighted by atomic mass is 19.1. The molecule has 0 aliphatic rings. The first-order valence-electron chi connectivity index (χ1n) is 9.25. The number of amides is 2. The molecule has 0 aliphatic carbocycles. The summed E-state index contributed by atoms with van der Waals surface area (Å²) in [5.74, 6) is -1.07. The molecule has 1 aromatic heterocycles. The fraction of sp³-hybridized carbons (Fsp3) is 0.227. The van der Waals surface area contributed by atoms with Crippen LogP contribution in [0.3, 0.4) is 0 Å². The van der Waals surface area contributed by atoms with E-state index < -0.39 is 11.7 Å². The average molecular weight is 394 g/mol. The van der Waals surface area contributed by atoms with Gasteiger partial charge in [0.05, 0.1) is 17.9 Å². The van der Waals surface area contributed by atoms with Crippen molar-refractivity contribution in [2.45, 2.75) is 20.4 Å². The van der Waals surface area contributed by atoms with E-state index >= 15 is 0 Å². The molecule has 0 spiro atoms. The lowest BCUT2D eigenvalue weighted by Crippen LogP contribution is -2.38. The number of hydrogen-bond donors (Lipinski definition) is 1. The van der Waals surface area contributed by atoms with E-state index in [1.54, 1.807) is 11.9 Å². The number of aryl methyl sites for hydroxylation is 1. The van der Waals surface area contributed by atoms with Gasteiger partial charge in [-0.2, -0.15) is 5.10 Å². The first-order valence-corrected chi connectivity index (χ1v) is 9.25. The SMILES string of the molecule is Cc1nn(-c2ccccc2)c(C)c1CN(C)C(=O)CNC(=O)c1ccc(F)cc1. The normalized spacial score (nSPS) is 10.6. The second kappa shape index (κ2) is 8.68. The number of carbonyl (C=O) groups excluding carboxylic acids is 2. The first kappa shape index (κ1) is 20.3. The Morgan fingerprint density at radius 2 is 1.72 bits per heavy atom. The number of rotatable bonds is 6. The van der Waals surface area contributed by atoms with Crippen LogP contribution < -0.4 is 5.32 Å². The Hall–Kier alpha value is -3.48. The van der Waals surface area contributed by atoms with Crippen LogP contribution in [0.25, 0.3) is 5.69 Å². The largest absolute Gasteiger partial charge is 0.343 e. The Balaban J connectivity index is 1.63. The molecular formula is C22H23FN4O2. The van der Waals surface area contributed by atoms with Crippen molar-refractivity contribution in [1.82, 2.24) is 20.0 Å². The molecule has 7 heteroatoms. The van der Waals surface area contributed by atoms with Crippen molar-refractivity contribution in [2.75, 3.05) is 13.6 Å². The van der Waals surface area contributed by atoms with E-state index in [1.165, 1.54) is 24.3 Å². The van der Waals surface area contributed by atoms with Crippen molar-refractivity contribution in [3.05, 3.63) is 82.9 Å². The number of aromatic nitrogens is 2. The molecule has 1 heterocycles. The molecule has 150 valence electrons. The van der Waals surface area contributed by atoms with Crippen LogP contribution in [-0.4, -0.2) is 40.1 Å². The minimum Gasteiger partial charge on any atom is -0.343 e. The quantitative estimate of drug-likeness (QED) is 0.699. The number of nitrogens with zero attached hydrogens (tertiary/aromatic N) is 3. The van der Waals surface area contributed by atoms with E-state index in [4.69, 9.17) is 0 Å². The molecule has 0 saturated carbocycles. The van der Waals surface area contributed by atoms with Crippen molar-refractivity contribution in [1.29, 1.82) is 0 Å². The third-order valence-corrected chi connectivity index (χ3v) is 4.77. The molecule has 2 amide bonds. The third kappa shape index (κ3) is 4.68. The summed E-state index contributed by atoms with van der Waals surface area (Å²) >= 11 is 0. The van der Waals surface area contributed by atoms with Gasteiger partial charge in [-0.05, 0) is 50.2 Å². The number of para-hydroxylation sites is 1. The number of halogens is 1. The minimum absolute atomic E-state index is 0.141. The van der Waals surface area contributed by atoms with Crippen molar-refractivity contribution in [3.63, 3.8) is 0 Å². The van der Waals surface area contributed by atoms with Crippen LogP contribution in [-0.2, 0) is 11.3 Å². The van der Waals surface area contributed by atoms with Crippen molar-refractivity contribution in [3.8, 4) is 5.69 Å². The predicted molar refractivity (Wildman–Crippen MR) is 108 cm³/mol. The van der Waals surface area contributed by atoms with Crippen LogP contribution in [0.5, 0.6) is 0 Å². The Labute approximate surface area is 169 Å². The molecule has 0 fully saturated rings. The Morgan fingerprint density at radius 3 is 2.38 bits per heavy atom. The lowest BCUT2D eigenvalue weighted by atomic mass is 10.2. The zero-order chi connectivity index (χ0) is 21.0. The van der Waals surface area contributed by atoms with Crippen LogP contribution >= 0.6 is 0 Å². The monoisotopic (exact) mass is 394 g/mol. The standard InChI is InChI=1S/C22H23FN4O2/c1-15-20(16(2)27(25-15)19-7-5-4-6-8-19)14-26(3)21(28)13-24-22(29)17-9-11-18(23)12-10-17/h4-12H,13-14H2,1-3H3,(H,24,29). The zero-order valence-electron chi connectivity index (χ0n) is 16.6. The molecule has 0 saturated heterocycles.